The predicted molar refractivity (Wildman–Crippen MR) is 69.2 cm³/mol. The van der Waals surface area contributed by atoms with E-state index in [1.807, 2.05) is 0 Å². The molecule has 1 fully saturated rings. The van der Waals surface area contributed by atoms with E-state index in [2.05, 4.69) is 26.2 Å². The molecule has 2 rings (SSSR count). The lowest BCUT2D eigenvalue weighted by molar-refractivity contribution is -0.124. The summed E-state index contributed by atoms with van der Waals surface area (Å²) in [5, 5.41) is 2.48. The van der Waals surface area contributed by atoms with Crippen LogP contribution in [0.3, 0.4) is 0 Å². The third-order valence-electron chi connectivity index (χ3n) is 2.84. The fourth-order valence-electron chi connectivity index (χ4n) is 1.94. The normalized spacial score (nSPS) is 18.9. The number of aryl methyl sites for hydroxylation is 1. The molecule has 0 spiro atoms. The number of halogens is 3. The van der Waals surface area contributed by atoms with Crippen LogP contribution in [0.15, 0.2) is 10.7 Å². The van der Waals surface area contributed by atoms with Crippen LogP contribution in [0.1, 0.15) is 30.5 Å². The molecule has 0 radical (unpaired) electrons. The Hall–Kier alpha value is -1.08. The zero-order chi connectivity index (χ0) is 14.0. The summed E-state index contributed by atoms with van der Waals surface area (Å²) in [5.41, 5.74) is 0.226. The van der Waals surface area contributed by atoms with Crippen molar-refractivity contribution in [2.75, 3.05) is 11.9 Å². The standard InChI is InChI=1S/C12H13BrF2N2O2/c1-6-5-7(11(14)15)9(10(13)16-6)17-12(18)8-3-2-4-19-8/h5,8,11H,2-4H2,1H3,(H,17,18). The van der Waals surface area contributed by atoms with Crippen molar-refractivity contribution in [3.8, 4) is 0 Å². The lowest BCUT2D eigenvalue weighted by Gasteiger charge is -2.15. The monoisotopic (exact) mass is 334 g/mol. The van der Waals surface area contributed by atoms with Gasteiger partial charge in [0.05, 0.1) is 5.69 Å². The minimum absolute atomic E-state index is 0.0149. The lowest BCUT2D eigenvalue weighted by Crippen LogP contribution is -2.27. The van der Waals surface area contributed by atoms with Gasteiger partial charge in [-0.2, -0.15) is 0 Å². The predicted octanol–water partition coefficient (Wildman–Crippen LogP) is 3.21. The number of carbonyl (C=O) groups excluding carboxylic acids is 1. The van der Waals surface area contributed by atoms with Gasteiger partial charge in [0, 0.05) is 17.9 Å². The molecular weight excluding hydrogens is 322 g/mol. The van der Waals surface area contributed by atoms with Crippen LogP contribution in [0.2, 0.25) is 0 Å². The summed E-state index contributed by atoms with van der Waals surface area (Å²) >= 11 is 3.10. The van der Waals surface area contributed by atoms with E-state index in [0.717, 1.165) is 6.42 Å². The van der Waals surface area contributed by atoms with E-state index >= 15 is 0 Å². The van der Waals surface area contributed by atoms with Gasteiger partial charge in [-0.15, -0.1) is 0 Å². The quantitative estimate of drug-likeness (QED) is 0.863. The molecule has 1 aliphatic rings. The van der Waals surface area contributed by atoms with Crippen molar-refractivity contribution in [2.45, 2.75) is 32.3 Å². The van der Waals surface area contributed by atoms with Gasteiger partial charge in [0.15, 0.2) is 0 Å². The third kappa shape index (κ3) is 3.27. The number of alkyl halides is 2. The molecule has 4 nitrogen and oxygen atoms in total. The topological polar surface area (TPSA) is 51.2 Å². The Morgan fingerprint density at radius 2 is 2.37 bits per heavy atom. The lowest BCUT2D eigenvalue weighted by atomic mass is 10.2. The van der Waals surface area contributed by atoms with E-state index in [4.69, 9.17) is 4.74 Å². The van der Waals surface area contributed by atoms with Gasteiger partial charge in [-0.05, 0) is 41.8 Å². The van der Waals surface area contributed by atoms with Crippen molar-refractivity contribution in [2.24, 2.45) is 0 Å². The maximum atomic E-state index is 13.0. The number of pyridine rings is 1. The molecule has 19 heavy (non-hydrogen) atoms. The molecule has 1 N–H and O–H groups in total. The minimum Gasteiger partial charge on any atom is -0.368 e. The van der Waals surface area contributed by atoms with E-state index in [1.54, 1.807) is 6.92 Å². The molecule has 1 saturated heterocycles. The van der Waals surface area contributed by atoms with Gasteiger partial charge in [0.25, 0.3) is 12.3 Å². The number of aromatic nitrogens is 1. The van der Waals surface area contributed by atoms with Gasteiger partial charge in [-0.3, -0.25) is 4.79 Å². The summed E-state index contributed by atoms with van der Waals surface area (Å²) in [5.74, 6) is -0.411. The number of carbonyl (C=O) groups is 1. The van der Waals surface area contributed by atoms with Crippen LogP contribution in [0.4, 0.5) is 14.5 Å². The smallest absolute Gasteiger partial charge is 0.266 e. The number of anilines is 1. The number of amides is 1. The van der Waals surface area contributed by atoms with Crippen LogP contribution < -0.4 is 5.32 Å². The second-order valence-corrected chi connectivity index (χ2v) is 5.06. The van der Waals surface area contributed by atoms with Crippen LogP contribution >= 0.6 is 15.9 Å². The van der Waals surface area contributed by atoms with Crippen molar-refractivity contribution < 1.29 is 18.3 Å². The first-order valence-electron chi connectivity index (χ1n) is 5.86. The molecule has 2 heterocycles. The summed E-state index contributed by atoms with van der Waals surface area (Å²) in [7, 11) is 0. The third-order valence-corrected chi connectivity index (χ3v) is 3.41. The Bertz CT molecular complexity index is 491. The Labute approximate surface area is 117 Å². The summed E-state index contributed by atoms with van der Waals surface area (Å²) in [6, 6.07) is 1.26. The highest BCUT2D eigenvalue weighted by Gasteiger charge is 2.26. The summed E-state index contributed by atoms with van der Waals surface area (Å²) < 4.78 is 31.4. The molecule has 1 unspecified atom stereocenters. The highest BCUT2D eigenvalue weighted by molar-refractivity contribution is 9.10. The Morgan fingerprint density at radius 1 is 1.63 bits per heavy atom. The van der Waals surface area contributed by atoms with Gasteiger partial charge in [-0.1, -0.05) is 0 Å². The molecule has 1 atom stereocenters. The molecule has 1 aromatic rings. The molecule has 7 heteroatoms. The van der Waals surface area contributed by atoms with Crippen molar-refractivity contribution in [3.63, 3.8) is 0 Å². The first-order valence-corrected chi connectivity index (χ1v) is 6.66. The summed E-state index contributed by atoms with van der Waals surface area (Å²) in [4.78, 5) is 15.9. The highest BCUT2D eigenvalue weighted by atomic mass is 79.9. The molecule has 0 aromatic carbocycles. The van der Waals surface area contributed by atoms with Crippen LogP contribution in [0.25, 0.3) is 0 Å². The summed E-state index contributed by atoms with van der Waals surface area (Å²) in [6.45, 7) is 2.13. The van der Waals surface area contributed by atoms with Crippen LogP contribution in [-0.2, 0) is 9.53 Å². The SMILES string of the molecule is Cc1cc(C(F)F)c(NC(=O)C2CCCO2)c(Br)n1. The van der Waals surface area contributed by atoms with E-state index in [0.29, 0.717) is 18.7 Å². The molecule has 0 aliphatic carbocycles. The molecular formula is C12H13BrF2N2O2. The number of nitrogens with one attached hydrogen (secondary N) is 1. The van der Waals surface area contributed by atoms with E-state index < -0.39 is 18.4 Å². The van der Waals surface area contributed by atoms with Gasteiger partial charge >= 0.3 is 0 Å². The zero-order valence-electron chi connectivity index (χ0n) is 10.3. The summed E-state index contributed by atoms with van der Waals surface area (Å²) in [6.07, 6.45) is -1.85. The Kier molecular flexibility index (Phi) is 4.46. The second kappa shape index (κ2) is 5.92. The van der Waals surface area contributed by atoms with Crippen LogP contribution in [0.5, 0.6) is 0 Å². The van der Waals surface area contributed by atoms with Crippen molar-refractivity contribution >= 4 is 27.5 Å². The molecule has 0 bridgehead atoms. The number of nitrogens with zero attached hydrogens (tertiary/aromatic N) is 1. The zero-order valence-corrected chi connectivity index (χ0v) is 11.8. The fraction of sp³-hybridized carbons (Fsp3) is 0.500. The van der Waals surface area contributed by atoms with Gasteiger partial charge in [0.1, 0.15) is 10.7 Å². The van der Waals surface area contributed by atoms with Gasteiger partial charge in [-0.25, -0.2) is 13.8 Å². The number of hydrogen-bond acceptors (Lipinski definition) is 3. The maximum Gasteiger partial charge on any atom is 0.266 e. The number of hydrogen-bond donors (Lipinski definition) is 1. The van der Waals surface area contributed by atoms with E-state index in [-0.39, 0.29) is 15.9 Å². The Morgan fingerprint density at radius 3 is 2.95 bits per heavy atom. The van der Waals surface area contributed by atoms with Crippen molar-refractivity contribution in [3.05, 3.63) is 21.9 Å². The fourth-order valence-corrected chi connectivity index (χ4v) is 2.55. The average Bonchev–Trinajstić information content (AvgIpc) is 2.85. The first-order chi connectivity index (χ1) is 8.99. The molecule has 104 valence electrons. The molecule has 1 aromatic heterocycles. The number of rotatable bonds is 3. The molecule has 1 amide bonds. The van der Waals surface area contributed by atoms with Crippen LogP contribution in [-0.4, -0.2) is 23.6 Å². The minimum atomic E-state index is -2.68. The van der Waals surface area contributed by atoms with Crippen molar-refractivity contribution in [1.82, 2.24) is 4.98 Å². The average molecular weight is 335 g/mol. The molecule has 0 saturated carbocycles. The van der Waals surface area contributed by atoms with Gasteiger partial charge < -0.3 is 10.1 Å². The highest BCUT2D eigenvalue weighted by Crippen LogP contribution is 2.33. The molecule has 1 aliphatic heterocycles. The first kappa shape index (κ1) is 14.3. The van der Waals surface area contributed by atoms with E-state index in [1.165, 1.54) is 6.07 Å². The number of ether oxygens (including phenoxy) is 1. The second-order valence-electron chi connectivity index (χ2n) is 4.31. The van der Waals surface area contributed by atoms with Gasteiger partial charge in [0.2, 0.25) is 0 Å². The van der Waals surface area contributed by atoms with E-state index in [9.17, 15) is 13.6 Å². The largest absolute Gasteiger partial charge is 0.368 e. The Balaban J connectivity index is 2.25. The van der Waals surface area contributed by atoms with Crippen LogP contribution in [0, 0.1) is 6.92 Å². The van der Waals surface area contributed by atoms with Crippen molar-refractivity contribution in [1.29, 1.82) is 0 Å². The maximum absolute atomic E-state index is 13.0.